The molecular weight excluding hydrogens is 367 g/mol. The van der Waals surface area contributed by atoms with Crippen molar-refractivity contribution in [1.29, 1.82) is 0 Å². The maximum Gasteiger partial charge on any atom is 0.302 e. The maximum atomic E-state index is 12.7. The normalized spacial score (nSPS) is 19.6. The molecule has 0 N–H and O–H groups in total. The molecule has 0 bridgehead atoms. The van der Waals surface area contributed by atoms with Gasteiger partial charge in [0.1, 0.15) is 4.60 Å². The number of fused-ring (bicyclic) bond motifs is 1. The third-order valence-electron chi connectivity index (χ3n) is 3.18. The van der Waals surface area contributed by atoms with Crippen LogP contribution in [0.4, 0.5) is 9.83 Å². The predicted octanol–water partition coefficient (Wildman–Crippen LogP) is 1.14. The van der Waals surface area contributed by atoms with Gasteiger partial charge in [0.25, 0.3) is 5.95 Å². The third-order valence-corrected chi connectivity index (χ3v) is 4.65. The number of nitrogens with zero attached hydrogens (tertiary/aromatic N) is 4. The van der Waals surface area contributed by atoms with E-state index >= 15 is 0 Å². The summed E-state index contributed by atoms with van der Waals surface area (Å²) in [5.41, 5.74) is 0.550. The smallest absolute Gasteiger partial charge is 0.279 e. The molecule has 7 nitrogen and oxygen atoms in total. The molecule has 0 spiro atoms. The first kappa shape index (κ1) is 14.4. The lowest BCUT2D eigenvalue weighted by molar-refractivity contribution is -0.117. The standard InChI is InChI=1S/C11H10BrFN4O3S/c12-8-2-1-3-9-14-11(15-17(8)9)16-5-7(4-10(16)18)6-21(13,19)20/h1-3,7H,4-6H2. The van der Waals surface area contributed by atoms with Crippen molar-refractivity contribution in [3.05, 3.63) is 22.8 Å². The van der Waals surface area contributed by atoms with Crippen LogP contribution in [0.3, 0.4) is 0 Å². The zero-order valence-electron chi connectivity index (χ0n) is 10.6. The monoisotopic (exact) mass is 376 g/mol. The Labute approximate surface area is 128 Å². The Kier molecular flexibility index (Phi) is 3.44. The fourth-order valence-electron chi connectivity index (χ4n) is 2.34. The average molecular weight is 377 g/mol. The van der Waals surface area contributed by atoms with Gasteiger partial charge >= 0.3 is 10.2 Å². The van der Waals surface area contributed by atoms with Crippen molar-refractivity contribution < 1.29 is 17.1 Å². The van der Waals surface area contributed by atoms with Crippen molar-refractivity contribution in [3.8, 4) is 0 Å². The van der Waals surface area contributed by atoms with Gasteiger partial charge in [-0.05, 0) is 28.1 Å². The molecule has 2 aromatic rings. The zero-order valence-corrected chi connectivity index (χ0v) is 13.0. The molecule has 3 heterocycles. The van der Waals surface area contributed by atoms with Gasteiger partial charge in [0.2, 0.25) is 5.91 Å². The summed E-state index contributed by atoms with van der Waals surface area (Å²) in [6.45, 7) is 0.0937. The van der Waals surface area contributed by atoms with Crippen LogP contribution < -0.4 is 4.90 Å². The van der Waals surface area contributed by atoms with Gasteiger partial charge in [-0.25, -0.2) is 4.52 Å². The van der Waals surface area contributed by atoms with Crippen molar-refractivity contribution in [3.63, 3.8) is 0 Å². The Bertz CT molecular complexity index is 822. The van der Waals surface area contributed by atoms with Crippen LogP contribution in [-0.4, -0.2) is 41.2 Å². The molecule has 1 fully saturated rings. The first-order valence-corrected chi connectivity index (χ1v) is 8.42. The molecule has 0 saturated carbocycles. The van der Waals surface area contributed by atoms with Crippen LogP contribution in [-0.2, 0) is 15.0 Å². The topological polar surface area (TPSA) is 84.6 Å². The second-order valence-corrected chi connectivity index (χ2v) is 7.03. The second kappa shape index (κ2) is 5.02. The summed E-state index contributed by atoms with van der Waals surface area (Å²) in [6.07, 6.45) is -0.0279. The summed E-state index contributed by atoms with van der Waals surface area (Å²) in [4.78, 5) is 17.4. The highest BCUT2D eigenvalue weighted by atomic mass is 79.9. The van der Waals surface area contributed by atoms with Crippen molar-refractivity contribution in [2.24, 2.45) is 5.92 Å². The highest BCUT2D eigenvalue weighted by molar-refractivity contribution is 9.10. The molecule has 1 amide bonds. The van der Waals surface area contributed by atoms with Gasteiger partial charge in [-0.3, -0.25) is 9.69 Å². The number of carbonyl (C=O) groups is 1. The molecule has 3 rings (SSSR count). The van der Waals surface area contributed by atoms with Crippen LogP contribution in [0.25, 0.3) is 5.65 Å². The van der Waals surface area contributed by atoms with Gasteiger partial charge in [-0.2, -0.15) is 13.4 Å². The van der Waals surface area contributed by atoms with Crippen LogP contribution in [0.15, 0.2) is 22.8 Å². The highest BCUT2D eigenvalue weighted by Crippen LogP contribution is 2.25. The fraction of sp³-hybridized carbons (Fsp3) is 0.364. The average Bonchev–Trinajstić information content (AvgIpc) is 2.91. The Morgan fingerprint density at radius 1 is 1.43 bits per heavy atom. The molecule has 1 aliphatic rings. The lowest BCUT2D eigenvalue weighted by Gasteiger charge is -2.10. The summed E-state index contributed by atoms with van der Waals surface area (Å²) in [5.74, 6) is -1.37. The number of carbonyl (C=O) groups excluding carboxylic acids is 1. The molecular formula is C11H10BrFN4O3S. The zero-order chi connectivity index (χ0) is 15.2. The first-order chi connectivity index (χ1) is 9.83. The first-order valence-electron chi connectivity index (χ1n) is 6.07. The molecule has 1 unspecified atom stereocenters. The second-order valence-electron chi connectivity index (χ2n) is 4.81. The Morgan fingerprint density at radius 3 is 2.86 bits per heavy atom. The van der Waals surface area contributed by atoms with Crippen LogP contribution in [0.2, 0.25) is 0 Å². The van der Waals surface area contributed by atoms with Gasteiger partial charge in [-0.15, -0.1) is 8.98 Å². The summed E-state index contributed by atoms with van der Waals surface area (Å²) >= 11 is 3.31. The van der Waals surface area contributed by atoms with E-state index in [1.54, 1.807) is 18.2 Å². The maximum absolute atomic E-state index is 12.7. The highest BCUT2D eigenvalue weighted by Gasteiger charge is 2.35. The van der Waals surface area contributed by atoms with Crippen LogP contribution in [0, 0.1) is 5.92 Å². The van der Waals surface area contributed by atoms with Gasteiger partial charge < -0.3 is 0 Å². The van der Waals surface area contributed by atoms with Crippen LogP contribution in [0.1, 0.15) is 6.42 Å². The summed E-state index contributed by atoms with van der Waals surface area (Å²) in [7, 11) is -4.60. The fourth-order valence-corrected chi connectivity index (χ4v) is 3.54. The lowest BCUT2D eigenvalue weighted by Crippen LogP contribution is -2.26. The number of rotatable bonds is 3. The molecule has 21 heavy (non-hydrogen) atoms. The number of halogens is 2. The molecule has 0 aromatic carbocycles. The van der Waals surface area contributed by atoms with Gasteiger partial charge in [0.15, 0.2) is 5.65 Å². The van der Waals surface area contributed by atoms with E-state index < -0.39 is 21.9 Å². The van der Waals surface area contributed by atoms with E-state index in [-0.39, 0.29) is 24.8 Å². The number of amides is 1. The van der Waals surface area contributed by atoms with Crippen LogP contribution in [0.5, 0.6) is 0 Å². The molecule has 1 atom stereocenters. The lowest BCUT2D eigenvalue weighted by atomic mass is 10.1. The molecule has 0 aliphatic carbocycles. The predicted molar refractivity (Wildman–Crippen MR) is 76.0 cm³/mol. The van der Waals surface area contributed by atoms with Gasteiger partial charge in [0.05, 0.1) is 5.75 Å². The van der Waals surface area contributed by atoms with E-state index in [0.717, 1.165) is 0 Å². The van der Waals surface area contributed by atoms with Crippen LogP contribution >= 0.6 is 15.9 Å². The van der Waals surface area contributed by atoms with Gasteiger partial charge in [-0.1, -0.05) is 6.07 Å². The molecule has 2 aromatic heterocycles. The third kappa shape index (κ3) is 2.91. The van der Waals surface area contributed by atoms with Crippen molar-refractivity contribution in [2.75, 3.05) is 17.2 Å². The van der Waals surface area contributed by atoms with Crippen molar-refractivity contribution in [2.45, 2.75) is 6.42 Å². The number of aromatic nitrogens is 3. The minimum absolute atomic E-state index is 0.0279. The van der Waals surface area contributed by atoms with Crippen molar-refractivity contribution in [1.82, 2.24) is 14.6 Å². The number of pyridine rings is 1. The van der Waals surface area contributed by atoms with E-state index in [4.69, 9.17) is 0 Å². The number of anilines is 1. The molecule has 112 valence electrons. The van der Waals surface area contributed by atoms with E-state index in [1.165, 1.54) is 9.42 Å². The largest absolute Gasteiger partial charge is 0.302 e. The molecule has 0 radical (unpaired) electrons. The number of hydrogen-bond acceptors (Lipinski definition) is 5. The van der Waals surface area contributed by atoms with Gasteiger partial charge in [0, 0.05) is 18.9 Å². The van der Waals surface area contributed by atoms with E-state index in [9.17, 15) is 17.1 Å². The molecule has 1 saturated heterocycles. The molecule has 10 heteroatoms. The minimum atomic E-state index is -4.60. The Morgan fingerprint density at radius 2 is 2.19 bits per heavy atom. The number of hydrogen-bond donors (Lipinski definition) is 0. The Hall–Kier alpha value is -1.55. The van der Waals surface area contributed by atoms with Crippen molar-refractivity contribution >= 4 is 43.7 Å². The SMILES string of the molecule is O=C1CC(CS(=O)(=O)F)CN1c1nc2cccc(Br)n2n1. The van der Waals surface area contributed by atoms with E-state index in [0.29, 0.717) is 10.3 Å². The van der Waals surface area contributed by atoms with E-state index in [2.05, 4.69) is 26.0 Å². The summed E-state index contributed by atoms with van der Waals surface area (Å²) < 4.78 is 36.3. The van der Waals surface area contributed by atoms with E-state index in [1.807, 2.05) is 0 Å². The summed E-state index contributed by atoms with van der Waals surface area (Å²) in [6, 6.07) is 5.28. The Balaban J connectivity index is 1.89. The summed E-state index contributed by atoms with van der Waals surface area (Å²) in [5, 5.41) is 4.20. The quantitative estimate of drug-likeness (QED) is 0.592. The molecule has 1 aliphatic heterocycles. The minimum Gasteiger partial charge on any atom is -0.279 e.